The lowest BCUT2D eigenvalue weighted by atomic mass is 10.1. The van der Waals surface area contributed by atoms with Gasteiger partial charge in [-0.15, -0.1) is 0 Å². The Balaban J connectivity index is 1.61. The van der Waals surface area contributed by atoms with E-state index in [0.717, 1.165) is 36.6 Å². The number of anilines is 1. The number of rotatable bonds is 4. The van der Waals surface area contributed by atoms with E-state index in [2.05, 4.69) is 41.5 Å². The molecule has 1 N–H and O–H groups in total. The van der Waals surface area contributed by atoms with Gasteiger partial charge in [0.05, 0.1) is 0 Å². The summed E-state index contributed by atoms with van der Waals surface area (Å²) >= 11 is 6.15. The molecule has 1 aliphatic rings. The van der Waals surface area contributed by atoms with E-state index in [0.29, 0.717) is 0 Å². The van der Waals surface area contributed by atoms with E-state index >= 15 is 0 Å². The van der Waals surface area contributed by atoms with Crippen molar-refractivity contribution in [1.29, 1.82) is 0 Å². The third-order valence-corrected chi connectivity index (χ3v) is 4.24. The van der Waals surface area contributed by atoms with Crippen LogP contribution in [0.3, 0.4) is 0 Å². The van der Waals surface area contributed by atoms with Crippen molar-refractivity contribution in [2.24, 2.45) is 0 Å². The normalized spacial score (nSPS) is 13.6. The van der Waals surface area contributed by atoms with Gasteiger partial charge in [0.15, 0.2) is 0 Å². The van der Waals surface area contributed by atoms with Gasteiger partial charge in [-0.2, -0.15) is 0 Å². The Hall–Kier alpha value is -1.51. The fraction of sp³-hybridized carbons (Fsp3) is 0.294. The summed E-state index contributed by atoms with van der Waals surface area (Å²) in [5.74, 6) is 0. The maximum Gasteiger partial charge on any atom is 0.0450 e. The van der Waals surface area contributed by atoms with Crippen LogP contribution in [0, 0.1) is 0 Å². The first-order valence-electron chi connectivity index (χ1n) is 7.01. The van der Waals surface area contributed by atoms with Gasteiger partial charge in [0.25, 0.3) is 0 Å². The topological polar surface area (TPSA) is 15.3 Å². The summed E-state index contributed by atoms with van der Waals surface area (Å²) in [5, 5.41) is 4.29. The number of halogens is 1. The molecule has 0 bridgehead atoms. The summed E-state index contributed by atoms with van der Waals surface area (Å²) in [6.07, 6.45) is 1.16. The molecule has 0 saturated heterocycles. The highest BCUT2D eigenvalue weighted by Gasteiger charge is 2.15. The number of hydrogen-bond donors (Lipinski definition) is 1. The lowest BCUT2D eigenvalue weighted by molar-refractivity contribution is 0.693. The molecule has 1 aliphatic heterocycles. The molecule has 0 atom stereocenters. The van der Waals surface area contributed by atoms with Gasteiger partial charge in [-0.1, -0.05) is 41.9 Å². The number of hydrogen-bond acceptors (Lipinski definition) is 2. The average Bonchev–Trinajstić information content (AvgIpc) is 2.82. The highest BCUT2D eigenvalue weighted by atomic mass is 35.5. The summed E-state index contributed by atoms with van der Waals surface area (Å²) in [6, 6.07) is 14.7. The van der Waals surface area contributed by atoms with Crippen molar-refractivity contribution in [2.75, 3.05) is 18.5 Å². The third-order valence-electron chi connectivity index (χ3n) is 3.87. The molecule has 0 saturated carbocycles. The zero-order valence-corrected chi connectivity index (χ0v) is 12.5. The van der Waals surface area contributed by atoms with Crippen molar-refractivity contribution in [2.45, 2.75) is 19.5 Å². The number of nitrogens with zero attached hydrogens (tertiary/aromatic N) is 1. The van der Waals surface area contributed by atoms with Crippen LogP contribution in [0.1, 0.15) is 16.7 Å². The quantitative estimate of drug-likeness (QED) is 0.923. The second-order valence-corrected chi connectivity index (χ2v) is 5.74. The van der Waals surface area contributed by atoms with Crippen LogP contribution in [0.15, 0.2) is 42.5 Å². The first-order chi connectivity index (χ1) is 9.74. The summed E-state index contributed by atoms with van der Waals surface area (Å²) in [5.41, 5.74) is 5.32. The molecule has 0 amide bonds. The van der Waals surface area contributed by atoms with Crippen LogP contribution >= 0.6 is 11.6 Å². The predicted octanol–water partition coefficient (Wildman–Crippen LogP) is 3.62. The Morgan fingerprint density at radius 1 is 1.15 bits per heavy atom. The highest BCUT2D eigenvalue weighted by molar-refractivity contribution is 6.31. The van der Waals surface area contributed by atoms with E-state index in [9.17, 15) is 0 Å². The maximum absolute atomic E-state index is 6.15. The molecule has 104 valence electrons. The monoisotopic (exact) mass is 286 g/mol. The van der Waals surface area contributed by atoms with E-state index in [1.165, 1.54) is 16.8 Å². The molecular formula is C17H19ClN2. The van der Waals surface area contributed by atoms with Gasteiger partial charge >= 0.3 is 0 Å². The number of nitrogens with one attached hydrogen (secondary N) is 1. The molecule has 0 spiro atoms. The Morgan fingerprint density at radius 3 is 2.85 bits per heavy atom. The molecule has 0 aliphatic carbocycles. The molecule has 0 unspecified atom stereocenters. The number of benzene rings is 2. The molecule has 20 heavy (non-hydrogen) atoms. The molecule has 3 heteroatoms. The number of likely N-dealkylation sites (N-methyl/N-ethyl adjacent to an activating group) is 1. The third kappa shape index (κ3) is 2.82. The van der Waals surface area contributed by atoms with Crippen molar-refractivity contribution in [3.8, 4) is 0 Å². The minimum absolute atomic E-state index is 0.802. The van der Waals surface area contributed by atoms with Crippen LogP contribution in [0.4, 0.5) is 5.69 Å². The molecular weight excluding hydrogens is 268 g/mol. The molecule has 2 aromatic rings. The molecule has 0 aromatic heterocycles. The van der Waals surface area contributed by atoms with Crippen molar-refractivity contribution in [3.63, 3.8) is 0 Å². The molecule has 3 rings (SSSR count). The Bertz CT molecular complexity index is 610. The van der Waals surface area contributed by atoms with Crippen LogP contribution in [0.2, 0.25) is 5.02 Å². The van der Waals surface area contributed by atoms with E-state index in [-0.39, 0.29) is 0 Å². The Labute approximate surface area is 125 Å². The van der Waals surface area contributed by atoms with Crippen LogP contribution < -0.4 is 10.2 Å². The van der Waals surface area contributed by atoms with E-state index < -0.39 is 0 Å². The van der Waals surface area contributed by atoms with E-state index in [1.54, 1.807) is 0 Å². The smallest absolute Gasteiger partial charge is 0.0450 e. The minimum Gasteiger partial charge on any atom is -0.374 e. The maximum atomic E-state index is 6.15. The minimum atomic E-state index is 0.802. The molecule has 1 heterocycles. The zero-order chi connectivity index (χ0) is 13.9. The average molecular weight is 287 g/mol. The van der Waals surface area contributed by atoms with Gasteiger partial charge in [0.2, 0.25) is 0 Å². The Morgan fingerprint density at radius 2 is 2.00 bits per heavy atom. The molecule has 2 nitrogen and oxygen atoms in total. The van der Waals surface area contributed by atoms with Crippen LogP contribution in [-0.4, -0.2) is 13.6 Å². The lowest BCUT2D eigenvalue weighted by Gasteiger charge is -2.12. The van der Waals surface area contributed by atoms with E-state index in [4.69, 9.17) is 11.6 Å². The zero-order valence-electron chi connectivity index (χ0n) is 11.7. The van der Waals surface area contributed by atoms with Crippen LogP contribution in [0.25, 0.3) is 0 Å². The summed E-state index contributed by atoms with van der Waals surface area (Å²) < 4.78 is 0. The Kier molecular flexibility index (Phi) is 3.95. The van der Waals surface area contributed by atoms with Crippen molar-refractivity contribution >= 4 is 17.3 Å². The lowest BCUT2D eigenvalue weighted by Crippen LogP contribution is -2.13. The van der Waals surface area contributed by atoms with Crippen molar-refractivity contribution < 1.29 is 0 Å². The van der Waals surface area contributed by atoms with Gasteiger partial charge in [0.1, 0.15) is 0 Å². The second kappa shape index (κ2) is 5.86. The fourth-order valence-corrected chi connectivity index (χ4v) is 2.92. The van der Waals surface area contributed by atoms with Crippen molar-refractivity contribution in [1.82, 2.24) is 5.32 Å². The van der Waals surface area contributed by atoms with Gasteiger partial charge in [-0.05, 0) is 35.2 Å². The number of fused-ring (bicyclic) bond motifs is 1. The van der Waals surface area contributed by atoms with E-state index in [1.807, 2.05) is 18.2 Å². The van der Waals surface area contributed by atoms with Gasteiger partial charge in [-0.25, -0.2) is 0 Å². The van der Waals surface area contributed by atoms with Gasteiger partial charge in [0, 0.05) is 37.4 Å². The molecule has 2 aromatic carbocycles. The molecule has 0 fully saturated rings. The van der Waals surface area contributed by atoms with Crippen LogP contribution in [0.5, 0.6) is 0 Å². The largest absolute Gasteiger partial charge is 0.374 e. The predicted molar refractivity (Wildman–Crippen MR) is 85.4 cm³/mol. The second-order valence-electron chi connectivity index (χ2n) is 5.33. The fourth-order valence-electron chi connectivity index (χ4n) is 2.71. The summed E-state index contributed by atoms with van der Waals surface area (Å²) in [7, 11) is 2.15. The van der Waals surface area contributed by atoms with Crippen LogP contribution in [-0.2, 0) is 19.5 Å². The van der Waals surface area contributed by atoms with Gasteiger partial charge in [-0.3, -0.25) is 0 Å². The summed E-state index contributed by atoms with van der Waals surface area (Å²) in [6.45, 7) is 2.81. The first kappa shape index (κ1) is 13.5. The standard InChI is InChI=1S/C17H19ClN2/c1-20-9-8-14-10-13(6-7-17(14)20)11-19-12-15-4-2-3-5-16(15)18/h2-7,10,19H,8-9,11-12H2,1H3. The SMILES string of the molecule is CN1CCc2cc(CNCc3ccccc3Cl)ccc21. The van der Waals surface area contributed by atoms with Crippen molar-refractivity contribution in [3.05, 3.63) is 64.2 Å². The first-order valence-corrected chi connectivity index (χ1v) is 7.39. The summed E-state index contributed by atoms with van der Waals surface area (Å²) in [4.78, 5) is 2.32. The highest BCUT2D eigenvalue weighted by Crippen LogP contribution is 2.27. The molecule has 0 radical (unpaired) electrons. The van der Waals surface area contributed by atoms with Gasteiger partial charge < -0.3 is 10.2 Å².